The van der Waals surface area contributed by atoms with Crippen molar-refractivity contribution in [2.75, 3.05) is 39.3 Å². The SMILES string of the molecule is CCCCCCCCCCC(O)CN(CCCC(C)(C)C1OC(=O)C(C(C)(C)CCCN(CC(O)CCCCCCCCCC)CC(O)CCCCCCCCCC)OC1=O)CC(O)CCCCCCCCCC. The molecule has 4 N–H and O–H groups in total. The largest absolute Gasteiger partial charge is 0.447 e. The van der Waals surface area contributed by atoms with Crippen LogP contribution >= 0.6 is 0 Å². The molecule has 10 nitrogen and oxygen atoms in total. The molecule has 6 atom stereocenters. The molecule has 1 heterocycles. The van der Waals surface area contributed by atoms with Gasteiger partial charge in [0.25, 0.3) is 0 Å². The predicted molar refractivity (Wildman–Crippen MR) is 312 cm³/mol. The quantitative estimate of drug-likeness (QED) is 0.0344. The van der Waals surface area contributed by atoms with E-state index in [9.17, 15) is 30.0 Å². The van der Waals surface area contributed by atoms with E-state index in [1.165, 1.54) is 154 Å². The van der Waals surface area contributed by atoms with Gasteiger partial charge < -0.3 is 29.9 Å². The van der Waals surface area contributed by atoms with Gasteiger partial charge in [-0.3, -0.25) is 9.80 Å². The topological polar surface area (TPSA) is 140 Å². The first kappa shape index (κ1) is 70.7. The number of cyclic esters (lactones) is 2. The lowest BCUT2D eigenvalue weighted by atomic mass is 9.78. The number of hydrogen-bond acceptors (Lipinski definition) is 10. The number of aliphatic hydroxyl groups is 4. The van der Waals surface area contributed by atoms with Crippen molar-refractivity contribution in [2.45, 2.75) is 349 Å². The van der Waals surface area contributed by atoms with Crippen molar-refractivity contribution in [3.63, 3.8) is 0 Å². The van der Waals surface area contributed by atoms with Crippen LogP contribution in [0.1, 0.15) is 312 Å². The number of carbonyl (C=O) groups excluding carboxylic acids is 2. The number of nitrogens with zero attached hydrogens (tertiary/aromatic N) is 2. The highest BCUT2D eigenvalue weighted by molar-refractivity contribution is 5.88. The number of unbranched alkanes of at least 4 members (excludes halogenated alkanes) is 28. The standard InChI is InChI=1S/C64H126N2O8/c1-9-13-17-21-25-29-33-37-43-55(67)51-65(52-56(68)44-38-34-30-26-22-18-14-10-2)49-41-47-63(5,6)59-61(71)74-60(62(72)73-59)64(7,8)48-42-50-66(53-57(69)45-39-35-31-27-23-19-15-11-3)54-58(70)46-40-36-32-28-24-20-16-12-4/h55-60,67-70H,9-54H2,1-8H3. The van der Waals surface area contributed by atoms with Crippen LogP contribution in [0.3, 0.4) is 0 Å². The smallest absolute Gasteiger partial charge is 0.348 e. The average Bonchev–Trinajstić information content (AvgIpc) is 3.35. The van der Waals surface area contributed by atoms with Crippen molar-refractivity contribution in [1.29, 1.82) is 0 Å². The van der Waals surface area contributed by atoms with Crippen molar-refractivity contribution in [2.24, 2.45) is 10.8 Å². The number of hydrogen-bond donors (Lipinski definition) is 4. The van der Waals surface area contributed by atoms with Crippen molar-refractivity contribution in [1.82, 2.24) is 9.80 Å². The summed E-state index contributed by atoms with van der Waals surface area (Å²) in [6, 6.07) is 0. The summed E-state index contributed by atoms with van der Waals surface area (Å²) in [7, 11) is 0. The van der Waals surface area contributed by atoms with E-state index < -0.39 is 59.4 Å². The number of rotatable bonds is 54. The average molecular weight is 1050 g/mol. The van der Waals surface area contributed by atoms with E-state index in [1.54, 1.807) is 0 Å². The van der Waals surface area contributed by atoms with Crippen LogP contribution < -0.4 is 0 Å². The molecule has 10 heteroatoms. The maximum Gasteiger partial charge on any atom is 0.348 e. The highest BCUT2D eigenvalue weighted by Gasteiger charge is 2.50. The minimum Gasteiger partial charge on any atom is -0.447 e. The molecule has 74 heavy (non-hydrogen) atoms. The highest BCUT2D eigenvalue weighted by atomic mass is 16.6. The van der Waals surface area contributed by atoms with E-state index in [-0.39, 0.29) is 0 Å². The summed E-state index contributed by atoms with van der Waals surface area (Å²) in [4.78, 5) is 32.0. The summed E-state index contributed by atoms with van der Waals surface area (Å²) in [5.74, 6) is -0.998. The first-order valence-corrected chi connectivity index (χ1v) is 32.2. The molecule has 0 amide bonds. The number of carbonyl (C=O) groups is 2. The molecule has 1 saturated heterocycles. The summed E-state index contributed by atoms with van der Waals surface area (Å²) in [6.07, 6.45) is 41.1. The third-order valence-corrected chi connectivity index (χ3v) is 16.3. The normalized spacial score (nSPS) is 17.3. The van der Waals surface area contributed by atoms with Gasteiger partial charge in [-0.1, -0.05) is 261 Å². The molecule has 0 aliphatic carbocycles. The molecule has 0 aromatic rings. The molecule has 1 fully saturated rings. The van der Waals surface area contributed by atoms with E-state index >= 15 is 0 Å². The van der Waals surface area contributed by atoms with E-state index in [2.05, 4.69) is 37.5 Å². The fraction of sp³-hybridized carbons (Fsp3) is 0.969. The lowest BCUT2D eigenvalue weighted by Gasteiger charge is -2.41. The Morgan fingerprint density at radius 2 is 0.554 bits per heavy atom. The highest BCUT2D eigenvalue weighted by Crippen LogP contribution is 2.38. The van der Waals surface area contributed by atoms with E-state index in [1.807, 2.05) is 27.7 Å². The minimum absolute atomic E-state index is 0.455. The van der Waals surface area contributed by atoms with Gasteiger partial charge in [0.2, 0.25) is 12.2 Å². The molecule has 440 valence electrons. The van der Waals surface area contributed by atoms with Crippen molar-refractivity contribution < 1.29 is 39.5 Å². The first-order chi connectivity index (χ1) is 35.6. The van der Waals surface area contributed by atoms with Gasteiger partial charge in [0.15, 0.2) is 0 Å². The number of ether oxygens (including phenoxy) is 2. The Morgan fingerprint density at radius 3 is 0.770 bits per heavy atom. The zero-order chi connectivity index (χ0) is 54.7. The summed E-state index contributed by atoms with van der Waals surface area (Å²) >= 11 is 0. The third kappa shape index (κ3) is 36.7. The molecule has 0 saturated carbocycles. The van der Waals surface area contributed by atoms with Gasteiger partial charge in [-0.2, -0.15) is 0 Å². The minimum atomic E-state index is -1.02. The molecule has 1 aliphatic rings. The Labute approximate surface area is 458 Å². The van der Waals surface area contributed by atoms with Crippen molar-refractivity contribution in [3.8, 4) is 0 Å². The van der Waals surface area contributed by atoms with Gasteiger partial charge >= 0.3 is 11.9 Å². The molecule has 0 aromatic heterocycles. The third-order valence-electron chi connectivity index (χ3n) is 16.3. The molecule has 1 rings (SSSR count). The van der Waals surface area contributed by atoms with Gasteiger partial charge in [0.1, 0.15) is 0 Å². The van der Waals surface area contributed by atoms with Crippen LogP contribution in [0.4, 0.5) is 0 Å². The maximum absolute atomic E-state index is 13.8. The lowest BCUT2D eigenvalue weighted by molar-refractivity contribution is -0.213. The van der Waals surface area contributed by atoms with Gasteiger partial charge in [0.05, 0.1) is 24.4 Å². The number of esters is 2. The zero-order valence-electron chi connectivity index (χ0n) is 50.3. The Morgan fingerprint density at radius 1 is 0.351 bits per heavy atom. The van der Waals surface area contributed by atoms with Crippen molar-refractivity contribution >= 4 is 11.9 Å². The van der Waals surface area contributed by atoms with Crippen LogP contribution in [-0.2, 0) is 19.1 Å². The van der Waals surface area contributed by atoms with Crippen LogP contribution in [0.5, 0.6) is 0 Å². The second-order valence-electron chi connectivity index (χ2n) is 25.0. The molecule has 6 unspecified atom stereocenters. The Hall–Kier alpha value is -1.30. The van der Waals surface area contributed by atoms with Gasteiger partial charge in [-0.25, -0.2) is 9.59 Å². The Kier molecular flexibility index (Phi) is 43.5. The molecule has 0 bridgehead atoms. The zero-order valence-corrected chi connectivity index (χ0v) is 50.3. The van der Waals surface area contributed by atoms with E-state index in [4.69, 9.17) is 9.47 Å². The van der Waals surface area contributed by atoms with Crippen LogP contribution in [-0.4, -0.2) is 118 Å². The molecule has 1 aliphatic heterocycles. The maximum atomic E-state index is 13.8. The summed E-state index contributed by atoms with van der Waals surface area (Å²) in [5.41, 5.74) is -1.35. The summed E-state index contributed by atoms with van der Waals surface area (Å²) in [5, 5.41) is 44.7. The fourth-order valence-electron chi connectivity index (χ4n) is 11.3. The van der Waals surface area contributed by atoms with Crippen LogP contribution in [0.2, 0.25) is 0 Å². The van der Waals surface area contributed by atoms with E-state index in [0.717, 1.165) is 89.9 Å². The summed E-state index contributed by atoms with van der Waals surface area (Å²) in [6.45, 7) is 20.3. The van der Waals surface area contributed by atoms with Crippen LogP contribution in [0.15, 0.2) is 0 Å². The van der Waals surface area contributed by atoms with E-state index in [0.29, 0.717) is 52.1 Å². The second kappa shape index (κ2) is 45.6. The van der Waals surface area contributed by atoms with Gasteiger partial charge in [-0.15, -0.1) is 0 Å². The predicted octanol–water partition coefficient (Wildman–Crippen LogP) is 15.6. The summed E-state index contributed by atoms with van der Waals surface area (Å²) < 4.78 is 12.1. The van der Waals surface area contributed by atoms with Crippen LogP contribution in [0.25, 0.3) is 0 Å². The Bertz CT molecular complexity index is 1150. The Balaban J connectivity index is 2.83. The molecule has 0 aromatic carbocycles. The molecular formula is C64H126N2O8. The van der Waals surface area contributed by atoms with Gasteiger partial charge in [0, 0.05) is 37.0 Å². The lowest BCUT2D eigenvalue weighted by Crippen LogP contribution is -2.54. The van der Waals surface area contributed by atoms with Crippen molar-refractivity contribution in [3.05, 3.63) is 0 Å². The number of aliphatic hydroxyl groups excluding tert-OH is 4. The first-order valence-electron chi connectivity index (χ1n) is 32.2. The second-order valence-corrected chi connectivity index (χ2v) is 25.0. The molecule has 0 radical (unpaired) electrons. The van der Waals surface area contributed by atoms with Crippen LogP contribution in [0, 0.1) is 10.8 Å². The van der Waals surface area contributed by atoms with Gasteiger partial charge in [-0.05, 0) is 64.5 Å². The molecular weight excluding hydrogens is 925 g/mol. The fourth-order valence-corrected chi connectivity index (χ4v) is 11.3. The monoisotopic (exact) mass is 1050 g/mol. The molecule has 0 spiro atoms.